The van der Waals surface area contributed by atoms with Crippen molar-refractivity contribution in [2.75, 3.05) is 13.1 Å². The second-order valence-electron chi connectivity index (χ2n) is 6.33. The van der Waals surface area contributed by atoms with E-state index in [1.807, 2.05) is 42.6 Å². The van der Waals surface area contributed by atoms with Gasteiger partial charge in [0.05, 0.1) is 12.3 Å². The molecule has 3 rings (SSSR count). The van der Waals surface area contributed by atoms with Crippen LogP contribution in [0.25, 0.3) is 0 Å². The van der Waals surface area contributed by atoms with Gasteiger partial charge in [0.1, 0.15) is 5.76 Å². The van der Waals surface area contributed by atoms with Gasteiger partial charge < -0.3 is 15.1 Å². The predicted molar refractivity (Wildman–Crippen MR) is 109 cm³/mol. The number of nitrogens with one attached hydrogen (secondary N) is 2. The van der Waals surface area contributed by atoms with Gasteiger partial charge in [0, 0.05) is 37.8 Å². The Morgan fingerprint density at radius 3 is 2.63 bits per heavy atom. The third-order valence-corrected chi connectivity index (χ3v) is 4.26. The largest absolute Gasteiger partial charge is 0.469 e. The van der Waals surface area contributed by atoms with Crippen LogP contribution in [0.5, 0.6) is 0 Å². The molecule has 0 aliphatic rings. The van der Waals surface area contributed by atoms with E-state index < -0.39 is 0 Å². The number of benzene rings is 1. The molecule has 5 nitrogen and oxygen atoms in total. The van der Waals surface area contributed by atoms with E-state index in [9.17, 15) is 0 Å². The maximum atomic E-state index is 5.39. The molecule has 27 heavy (non-hydrogen) atoms. The molecule has 0 spiro atoms. The van der Waals surface area contributed by atoms with Crippen LogP contribution in [0.1, 0.15) is 30.0 Å². The van der Waals surface area contributed by atoms with Gasteiger partial charge in [0.15, 0.2) is 5.96 Å². The van der Waals surface area contributed by atoms with Crippen molar-refractivity contribution in [1.82, 2.24) is 15.6 Å². The Hall–Kier alpha value is -3.08. The summed E-state index contributed by atoms with van der Waals surface area (Å²) in [5, 5.41) is 6.90. The quantitative estimate of drug-likeness (QED) is 0.473. The zero-order valence-corrected chi connectivity index (χ0v) is 15.6. The van der Waals surface area contributed by atoms with E-state index in [2.05, 4.69) is 46.8 Å². The number of rotatable bonds is 8. The molecule has 0 saturated heterocycles. The van der Waals surface area contributed by atoms with Gasteiger partial charge in [-0.05, 0) is 36.8 Å². The average molecular weight is 362 g/mol. The molecule has 0 bridgehead atoms. The van der Waals surface area contributed by atoms with Crippen molar-refractivity contribution in [1.29, 1.82) is 0 Å². The van der Waals surface area contributed by atoms with Gasteiger partial charge in [0.2, 0.25) is 0 Å². The summed E-state index contributed by atoms with van der Waals surface area (Å²) in [5.74, 6) is 1.75. The highest BCUT2D eigenvalue weighted by Crippen LogP contribution is 2.10. The molecule has 0 amide bonds. The molecule has 140 valence electrons. The van der Waals surface area contributed by atoms with Crippen molar-refractivity contribution in [2.45, 2.75) is 25.8 Å². The lowest BCUT2D eigenvalue weighted by Crippen LogP contribution is -2.40. The molecular weight excluding hydrogens is 336 g/mol. The molecule has 0 radical (unpaired) electrons. The first-order valence-corrected chi connectivity index (χ1v) is 9.33. The number of nitrogens with zero attached hydrogens (tertiary/aromatic N) is 2. The maximum absolute atomic E-state index is 5.39. The second-order valence-corrected chi connectivity index (χ2v) is 6.33. The van der Waals surface area contributed by atoms with Gasteiger partial charge in [-0.2, -0.15) is 0 Å². The summed E-state index contributed by atoms with van der Waals surface area (Å²) in [5.41, 5.74) is 2.29. The van der Waals surface area contributed by atoms with Gasteiger partial charge in [0.25, 0.3) is 0 Å². The Morgan fingerprint density at radius 1 is 1.04 bits per heavy atom. The molecule has 5 heteroatoms. The number of hydrogen-bond acceptors (Lipinski definition) is 3. The molecule has 0 saturated carbocycles. The van der Waals surface area contributed by atoms with Crippen LogP contribution in [0.3, 0.4) is 0 Å². The molecule has 0 aliphatic heterocycles. The summed E-state index contributed by atoms with van der Waals surface area (Å²) >= 11 is 0. The van der Waals surface area contributed by atoms with Gasteiger partial charge in [-0.1, -0.05) is 36.4 Å². The minimum Gasteiger partial charge on any atom is -0.469 e. The van der Waals surface area contributed by atoms with E-state index >= 15 is 0 Å². The Kier molecular flexibility index (Phi) is 7.04. The van der Waals surface area contributed by atoms with Crippen LogP contribution in [0.4, 0.5) is 0 Å². The molecule has 2 heterocycles. The van der Waals surface area contributed by atoms with Crippen LogP contribution < -0.4 is 10.6 Å². The van der Waals surface area contributed by atoms with Crippen molar-refractivity contribution in [2.24, 2.45) is 4.99 Å². The van der Waals surface area contributed by atoms with E-state index in [1.165, 1.54) is 5.56 Å². The van der Waals surface area contributed by atoms with Gasteiger partial charge >= 0.3 is 0 Å². The van der Waals surface area contributed by atoms with Crippen LogP contribution in [0, 0.1) is 0 Å². The van der Waals surface area contributed by atoms with E-state index in [-0.39, 0.29) is 6.04 Å². The van der Waals surface area contributed by atoms with Crippen LogP contribution >= 0.6 is 0 Å². The Bertz CT molecular complexity index is 801. The molecule has 1 unspecified atom stereocenters. The molecular formula is C22H26N4O. The lowest BCUT2D eigenvalue weighted by molar-refractivity contribution is 0.510. The number of hydrogen-bond donors (Lipinski definition) is 2. The van der Waals surface area contributed by atoms with Gasteiger partial charge in [-0.3, -0.25) is 9.98 Å². The lowest BCUT2D eigenvalue weighted by atomic mass is 10.1. The minimum absolute atomic E-state index is 0.163. The van der Waals surface area contributed by atoms with Gasteiger partial charge in [-0.15, -0.1) is 0 Å². The molecule has 3 aromatic rings. The molecule has 1 aromatic carbocycles. The summed E-state index contributed by atoms with van der Waals surface area (Å²) in [6, 6.07) is 20.4. The second kappa shape index (κ2) is 10.2. The highest BCUT2D eigenvalue weighted by molar-refractivity contribution is 5.80. The fraction of sp³-hybridized carbons (Fsp3) is 0.273. The molecule has 2 N–H and O–H groups in total. The third-order valence-electron chi connectivity index (χ3n) is 4.26. The van der Waals surface area contributed by atoms with Crippen LogP contribution in [0.2, 0.25) is 0 Å². The van der Waals surface area contributed by atoms with Crippen molar-refractivity contribution >= 4 is 5.96 Å². The zero-order chi connectivity index (χ0) is 18.7. The van der Waals surface area contributed by atoms with E-state index in [1.54, 1.807) is 6.26 Å². The molecule has 2 aromatic heterocycles. The van der Waals surface area contributed by atoms with E-state index in [0.717, 1.165) is 36.8 Å². The fourth-order valence-corrected chi connectivity index (χ4v) is 2.77. The summed E-state index contributed by atoms with van der Waals surface area (Å²) in [7, 11) is 0. The maximum Gasteiger partial charge on any atom is 0.191 e. The van der Waals surface area contributed by atoms with E-state index in [0.29, 0.717) is 6.54 Å². The van der Waals surface area contributed by atoms with Crippen molar-refractivity contribution < 1.29 is 4.42 Å². The fourth-order valence-electron chi connectivity index (χ4n) is 2.77. The Labute approximate surface area is 160 Å². The van der Waals surface area contributed by atoms with Crippen LogP contribution in [0.15, 0.2) is 82.5 Å². The zero-order valence-electron chi connectivity index (χ0n) is 15.6. The van der Waals surface area contributed by atoms with E-state index in [4.69, 9.17) is 9.41 Å². The highest BCUT2D eigenvalue weighted by atomic mass is 16.3. The van der Waals surface area contributed by atoms with Crippen LogP contribution in [-0.2, 0) is 12.8 Å². The highest BCUT2D eigenvalue weighted by Gasteiger charge is 2.08. The number of pyridine rings is 1. The van der Waals surface area contributed by atoms with Crippen molar-refractivity contribution in [3.63, 3.8) is 0 Å². The first kappa shape index (κ1) is 18.7. The average Bonchev–Trinajstić information content (AvgIpc) is 3.23. The van der Waals surface area contributed by atoms with Gasteiger partial charge in [-0.25, -0.2) is 0 Å². The third kappa shape index (κ3) is 6.29. The predicted octanol–water partition coefficient (Wildman–Crippen LogP) is 3.76. The van der Waals surface area contributed by atoms with Crippen molar-refractivity contribution in [3.05, 3.63) is 90.1 Å². The summed E-state index contributed by atoms with van der Waals surface area (Å²) in [4.78, 5) is 9.08. The standard InChI is InChI=1S/C22H26N4O/c1-18(19-8-3-2-4-9-19)26-22(25-16-13-21-11-7-17-27-21)24-15-12-20-10-5-6-14-23-20/h2-11,14,17-18H,12-13,15-16H2,1H3,(H2,24,25,26). The van der Waals surface area contributed by atoms with Crippen molar-refractivity contribution in [3.8, 4) is 0 Å². The summed E-state index contributed by atoms with van der Waals surface area (Å²) in [6.45, 7) is 3.57. The normalized spacial score (nSPS) is 12.6. The number of guanidine groups is 1. The summed E-state index contributed by atoms with van der Waals surface area (Å²) < 4.78 is 5.39. The minimum atomic E-state index is 0.163. The molecule has 1 atom stereocenters. The monoisotopic (exact) mass is 362 g/mol. The number of aliphatic imine (C=N–C) groups is 1. The number of furan rings is 1. The lowest BCUT2D eigenvalue weighted by Gasteiger charge is -2.18. The topological polar surface area (TPSA) is 62.5 Å². The number of aromatic nitrogens is 1. The molecule has 0 aliphatic carbocycles. The van der Waals surface area contributed by atoms with Crippen LogP contribution in [-0.4, -0.2) is 24.0 Å². The summed E-state index contributed by atoms with van der Waals surface area (Å²) in [6.07, 6.45) is 5.14. The Balaban J connectivity index is 1.58. The smallest absolute Gasteiger partial charge is 0.191 e. The SMILES string of the molecule is CC(NC(=NCCc1ccco1)NCCc1ccccn1)c1ccccc1. The first-order chi connectivity index (χ1) is 13.3. The molecule has 0 fully saturated rings. The first-order valence-electron chi connectivity index (χ1n) is 9.33. The Morgan fingerprint density at radius 2 is 1.89 bits per heavy atom.